The highest BCUT2D eigenvalue weighted by Gasteiger charge is 2.28. The number of benzene rings is 2. The molecule has 0 unspecified atom stereocenters. The van der Waals surface area contributed by atoms with Crippen LogP contribution < -0.4 is 14.9 Å². The number of fused-ring (bicyclic) bond motifs is 1. The first-order valence-electron chi connectivity index (χ1n) is 9.96. The number of carbonyl (C=O) groups is 2. The first-order valence-corrected chi connectivity index (χ1v) is 11.2. The Hall–Kier alpha value is -2.84. The van der Waals surface area contributed by atoms with Crippen LogP contribution in [-0.2, 0) is 16.1 Å². The van der Waals surface area contributed by atoms with Gasteiger partial charge in [0.2, 0.25) is 11.8 Å². The maximum atomic E-state index is 12.8. The highest BCUT2D eigenvalue weighted by molar-refractivity contribution is 7.16. The van der Waals surface area contributed by atoms with Crippen LogP contribution in [0.4, 0.5) is 5.69 Å². The number of rotatable bonds is 5. The van der Waals surface area contributed by atoms with Crippen molar-refractivity contribution in [2.24, 2.45) is 5.92 Å². The second kappa shape index (κ2) is 9.11. The first kappa shape index (κ1) is 21.4. The van der Waals surface area contributed by atoms with E-state index in [9.17, 15) is 14.4 Å². The van der Waals surface area contributed by atoms with Crippen molar-refractivity contribution >= 4 is 50.7 Å². The summed E-state index contributed by atoms with van der Waals surface area (Å²) >= 11 is 7.15. The number of carbonyl (C=O) groups excluding carboxylic acids is 2. The lowest BCUT2D eigenvalue weighted by atomic mass is 9.95. The third kappa shape index (κ3) is 4.75. The van der Waals surface area contributed by atoms with Crippen LogP contribution in [0.25, 0.3) is 10.2 Å². The summed E-state index contributed by atoms with van der Waals surface area (Å²) in [7, 11) is 1.59. The van der Waals surface area contributed by atoms with Crippen molar-refractivity contribution in [3.05, 3.63) is 57.2 Å². The van der Waals surface area contributed by atoms with E-state index in [-0.39, 0.29) is 29.1 Å². The predicted molar refractivity (Wildman–Crippen MR) is 122 cm³/mol. The van der Waals surface area contributed by atoms with Crippen molar-refractivity contribution in [3.8, 4) is 5.75 Å². The van der Waals surface area contributed by atoms with E-state index in [4.69, 9.17) is 16.3 Å². The highest BCUT2D eigenvalue weighted by atomic mass is 35.5. The van der Waals surface area contributed by atoms with Crippen molar-refractivity contribution in [1.29, 1.82) is 0 Å². The van der Waals surface area contributed by atoms with E-state index in [0.29, 0.717) is 42.2 Å². The average Bonchev–Trinajstić information content (AvgIpc) is 3.08. The molecule has 2 amide bonds. The van der Waals surface area contributed by atoms with E-state index in [2.05, 4.69) is 5.32 Å². The summed E-state index contributed by atoms with van der Waals surface area (Å²) < 4.78 is 7.39. The van der Waals surface area contributed by atoms with Crippen molar-refractivity contribution in [3.63, 3.8) is 0 Å². The van der Waals surface area contributed by atoms with Gasteiger partial charge in [0, 0.05) is 29.7 Å². The normalized spacial score (nSPS) is 14.6. The third-order valence-electron chi connectivity index (χ3n) is 5.50. The molecule has 1 fully saturated rings. The molecule has 3 aromatic rings. The third-order valence-corrected chi connectivity index (χ3v) is 6.69. The highest BCUT2D eigenvalue weighted by Crippen LogP contribution is 2.23. The van der Waals surface area contributed by atoms with E-state index >= 15 is 0 Å². The minimum atomic E-state index is -0.181. The molecule has 4 rings (SSSR count). The van der Waals surface area contributed by atoms with Crippen LogP contribution in [0.2, 0.25) is 5.02 Å². The molecule has 1 N–H and O–H groups in total. The number of piperidine rings is 1. The molecule has 0 bridgehead atoms. The number of thiazole rings is 1. The molecule has 1 aromatic heterocycles. The fraction of sp³-hybridized carbons (Fsp3) is 0.318. The Morgan fingerprint density at radius 3 is 2.55 bits per heavy atom. The number of amides is 2. The Balaban J connectivity index is 1.34. The summed E-state index contributed by atoms with van der Waals surface area (Å²) in [4.78, 5) is 39.2. The Kier molecular flexibility index (Phi) is 6.29. The second-order valence-corrected chi connectivity index (χ2v) is 8.87. The number of nitrogens with zero attached hydrogens (tertiary/aromatic N) is 2. The molecule has 31 heavy (non-hydrogen) atoms. The average molecular weight is 460 g/mol. The Morgan fingerprint density at radius 2 is 1.87 bits per heavy atom. The van der Waals surface area contributed by atoms with Gasteiger partial charge in [-0.2, -0.15) is 0 Å². The summed E-state index contributed by atoms with van der Waals surface area (Å²) in [5, 5.41) is 3.45. The Bertz CT molecular complexity index is 1160. The maximum absolute atomic E-state index is 12.8. The summed E-state index contributed by atoms with van der Waals surface area (Å²) in [5.74, 6) is 0.391. The zero-order valence-electron chi connectivity index (χ0n) is 17.0. The lowest BCUT2D eigenvalue weighted by Gasteiger charge is -2.31. The number of methoxy groups -OCH3 is 1. The molecule has 162 valence electrons. The number of halogens is 1. The molecule has 7 nitrogen and oxygen atoms in total. The molecule has 0 radical (unpaired) electrons. The number of hydrogen-bond acceptors (Lipinski definition) is 5. The van der Waals surface area contributed by atoms with E-state index < -0.39 is 0 Å². The summed E-state index contributed by atoms with van der Waals surface area (Å²) in [5.41, 5.74) is 1.39. The van der Waals surface area contributed by atoms with Crippen LogP contribution in [0.5, 0.6) is 5.75 Å². The van der Waals surface area contributed by atoms with Crippen LogP contribution in [-0.4, -0.2) is 41.5 Å². The summed E-state index contributed by atoms with van der Waals surface area (Å²) in [6, 6.07) is 12.4. The van der Waals surface area contributed by atoms with Gasteiger partial charge in [0.1, 0.15) is 12.3 Å². The number of likely N-dealkylation sites (tertiary alicyclic amines) is 1. The smallest absolute Gasteiger partial charge is 0.308 e. The largest absolute Gasteiger partial charge is 0.497 e. The lowest BCUT2D eigenvalue weighted by molar-refractivity contribution is -0.135. The number of anilines is 1. The number of ether oxygens (including phenoxy) is 1. The molecule has 0 saturated carbocycles. The fourth-order valence-corrected chi connectivity index (χ4v) is 4.77. The monoisotopic (exact) mass is 459 g/mol. The summed E-state index contributed by atoms with van der Waals surface area (Å²) in [6.07, 6.45) is 1.16. The van der Waals surface area contributed by atoms with Gasteiger partial charge in [-0.1, -0.05) is 22.9 Å². The van der Waals surface area contributed by atoms with Crippen LogP contribution in [0, 0.1) is 5.92 Å². The van der Waals surface area contributed by atoms with Gasteiger partial charge >= 0.3 is 4.87 Å². The first-order chi connectivity index (χ1) is 14.9. The van der Waals surface area contributed by atoms with Crippen molar-refractivity contribution < 1.29 is 14.3 Å². The molecule has 0 atom stereocenters. The van der Waals surface area contributed by atoms with Crippen LogP contribution >= 0.6 is 22.9 Å². The number of nitrogens with one attached hydrogen (secondary N) is 1. The van der Waals surface area contributed by atoms with Gasteiger partial charge in [-0.25, -0.2) is 0 Å². The fourth-order valence-electron chi connectivity index (χ4n) is 3.73. The van der Waals surface area contributed by atoms with E-state index in [0.717, 1.165) is 21.8 Å². The van der Waals surface area contributed by atoms with Crippen molar-refractivity contribution in [2.75, 3.05) is 25.5 Å². The molecule has 1 saturated heterocycles. The van der Waals surface area contributed by atoms with Gasteiger partial charge in [0.25, 0.3) is 0 Å². The molecular formula is C22H22ClN3O4S. The van der Waals surface area contributed by atoms with Gasteiger partial charge in [-0.05, 0) is 55.3 Å². The predicted octanol–water partition coefficient (Wildman–Crippen LogP) is 3.60. The SMILES string of the molecule is COc1ccc(NC(=O)C2CCN(C(=O)Cn3c(=O)sc4ccc(Cl)cc43)CC2)cc1. The van der Waals surface area contributed by atoms with Crippen LogP contribution in [0.1, 0.15) is 12.8 Å². The van der Waals surface area contributed by atoms with Gasteiger partial charge in [-0.15, -0.1) is 0 Å². The second-order valence-electron chi connectivity index (χ2n) is 7.44. The van der Waals surface area contributed by atoms with Crippen LogP contribution in [0.3, 0.4) is 0 Å². The lowest BCUT2D eigenvalue weighted by Crippen LogP contribution is -2.43. The molecule has 0 spiro atoms. The van der Waals surface area contributed by atoms with E-state index in [1.165, 1.54) is 4.57 Å². The molecular weight excluding hydrogens is 438 g/mol. The van der Waals surface area contributed by atoms with E-state index in [1.54, 1.807) is 54.5 Å². The molecule has 2 aromatic carbocycles. The number of hydrogen-bond donors (Lipinski definition) is 1. The number of aromatic nitrogens is 1. The molecule has 1 aliphatic heterocycles. The van der Waals surface area contributed by atoms with Gasteiger partial charge in [0.05, 0.1) is 17.3 Å². The van der Waals surface area contributed by atoms with Gasteiger partial charge < -0.3 is 15.0 Å². The Morgan fingerprint density at radius 1 is 1.16 bits per heavy atom. The molecule has 0 aliphatic carbocycles. The Labute approximate surface area is 188 Å². The molecule has 1 aliphatic rings. The van der Waals surface area contributed by atoms with E-state index in [1.807, 2.05) is 0 Å². The van der Waals surface area contributed by atoms with Crippen molar-refractivity contribution in [1.82, 2.24) is 9.47 Å². The topological polar surface area (TPSA) is 80.6 Å². The minimum Gasteiger partial charge on any atom is -0.497 e. The zero-order chi connectivity index (χ0) is 22.0. The zero-order valence-corrected chi connectivity index (χ0v) is 18.5. The van der Waals surface area contributed by atoms with Crippen molar-refractivity contribution in [2.45, 2.75) is 19.4 Å². The molecule has 2 heterocycles. The summed E-state index contributed by atoms with van der Waals surface area (Å²) in [6.45, 7) is 0.941. The minimum absolute atomic E-state index is 0.0259. The maximum Gasteiger partial charge on any atom is 0.308 e. The standard InChI is InChI=1S/C22H22ClN3O4S/c1-30-17-5-3-16(4-6-17)24-21(28)14-8-10-25(11-9-14)20(27)13-26-18-12-15(23)2-7-19(18)31-22(26)29/h2-7,12,14H,8-11,13H2,1H3,(H,24,28). The van der Waals surface area contributed by atoms with Gasteiger partial charge in [-0.3, -0.25) is 19.0 Å². The van der Waals surface area contributed by atoms with Gasteiger partial charge in [0.15, 0.2) is 0 Å². The van der Waals surface area contributed by atoms with Crippen LogP contribution in [0.15, 0.2) is 47.3 Å². The molecule has 9 heteroatoms. The quantitative estimate of drug-likeness (QED) is 0.632.